The zero-order valence-corrected chi connectivity index (χ0v) is 64.3. The number of rotatable bonds is 75. The Morgan fingerprint density at radius 1 is 0.379 bits per heavy atom. The molecule has 1 amide bonds. The van der Waals surface area contributed by atoms with Crippen LogP contribution < -0.4 is 10.2 Å². The fraction of sp³-hybridized carbons (Fsp3) is 0.779. The van der Waals surface area contributed by atoms with Gasteiger partial charge in [0.05, 0.1) is 39.9 Å². The Labute approximate surface area is 591 Å². The number of aliphatic hydroxyl groups is 1. The van der Waals surface area contributed by atoms with Crippen molar-refractivity contribution in [3.63, 3.8) is 0 Å². The monoisotopic (exact) mass is 1350 g/mol. The molecule has 0 aliphatic heterocycles. The number of amides is 1. The van der Waals surface area contributed by atoms with E-state index in [9.17, 15) is 19.4 Å². The number of nitrogens with zero attached hydrogens (tertiary/aromatic N) is 1. The number of hydrogen-bond acceptors (Lipinski definition) is 6. The van der Waals surface area contributed by atoms with Gasteiger partial charge in [0.2, 0.25) is 5.91 Å². The number of carbonyl (C=O) groups excluding carboxylic acids is 1. The molecule has 2 N–H and O–H groups in total. The van der Waals surface area contributed by atoms with E-state index in [0.29, 0.717) is 17.4 Å². The summed E-state index contributed by atoms with van der Waals surface area (Å²) in [4.78, 5) is 25.7. The molecule has 0 saturated heterocycles. The Hall–Kier alpha value is -2.84. The van der Waals surface area contributed by atoms with E-state index in [4.69, 9.17) is 9.05 Å². The lowest BCUT2D eigenvalue weighted by molar-refractivity contribution is -0.870. The molecule has 0 spiro atoms. The number of aliphatic hydroxyl groups excluding tert-OH is 1. The minimum absolute atomic E-state index is 0.00801. The van der Waals surface area contributed by atoms with Gasteiger partial charge < -0.3 is 28.8 Å². The number of likely N-dealkylation sites (N-methyl/N-ethyl adjacent to an activating group) is 1. The Morgan fingerprint density at radius 2 is 0.653 bits per heavy atom. The summed E-state index contributed by atoms with van der Waals surface area (Å²) in [6.45, 7) is 4.56. The van der Waals surface area contributed by atoms with Crippen LogP contribution in [0, 0.1) is 0 Å². The van der Waals surface area contributed by atoms with E-state index in [1.165, 1.54) is 276 Å². The Morgan fingerprint density at radius 3 is 0.979 bits per heavy atom. The van der Waals surface area contributed by atoms with Gasteiger partial charge in [0.25, 0.3) is 7.82 Å². The van der Waals surface area contributed by atoms with Crippen molar-refractivity contribution in [1.82, 2.24) is 5.32 Å². The predicted molar refractivity (Wildman–Crippen MR) is 417 cm³/mol. The highest BCUT2D eigenvalue weighted by molar-refractivity contribution is 7.45. The zero-order valence-electron chi connectivity index (χ0n) is 63.4. The van der Waals surface area contributed by atoms with Crippen LogP contribution in [0.3, 0.4) is 0 Å². The van der Waals surface area contributed by atoms with Crippen molar-refractivity contribution in [2.24, 2.45) is 0 Å². The van der Waals surface area contributed by atoms with Gasteiger partial charge in [0.15, 0.2) is 0 Å². The number of quaternary nitrogens is 1. The zero-order chi connectivity index (χ0) is 69.0. The van der Waals surface area contributed by atoms with Crippen molar-refractivity contribution >= 4 is 13.7 Å². The maximum atomic E-state index is 13.1. The molecule has 0 aliphatic carbocycles. The second-order valence-electron chi connectivity index (χ2n) is 28.7. The van der Waals surface area contributed by atoms with E-state index in [-0.39, 0.29) is 12.5 Å². The van der Waals surface area contributed by atoms with Crippen molar-refractivity contribution in [2.45, 2.75) is 392 Å². The van der Waals surface area contributed by atoms with Crippen LogP contribution in [0.2, 0.25) is 0 Å². The second-order valence-corrected chi connectivity index (χ2v) is 30.1. The number of carbonyl (C=O) groups is 1. The normalized spacial score (nSPS) is 14.1. The summed E-state index contributed by atoms with van der Waals surface area (Å²) in [5.41, 5.74) is 0. The summed E-state index contributed by atoms with van der Waals surface area (Å²) in [7, 11) is 1.25. The first kappa shape index (κ1) is 92.2. The topological polar surface area (TPSA) is 108 Å². The van der Waals surface area contributed by atoms with Gasteiger partial charge in [-0.3, -0.25) is 9.36 Å². The molecule has 9 heteroatoms. The fourth-order valence-electron chi connectivity index (χ4n) is 12.0. The summed E-state index contributed by atoms with van der Waals surface area (Å²) in [6, 6.07) is -0.910. The quantitative estimate of drug-likeness (QED) is 0.0272. The number of nitrogens with one attached hydrogen (secondary N) is 1. The molecule has 552 valence electrons. The third-order valence-corrected chi connectivity index (χ3v) is 19.2. The third-order valence-electron chi connectivity index (χ3n) is 18.2. The lowest BCUT2D eigenvalue weighted by atomic mass is 10.0. The van der Waals surface area contributed by atoms with E-state index in [1.54, 1.807) is 6.08 Å². The van der Waals surface area contributed by atoms with Gasteiger partial charge in [-0.1, -0.05) is 393 Å². The highest BCUT2D eigenvalue weighted by atomic mass is 31.2. The summed E-state index contributed by atoms with van der Waals surface area (Å²) in [6.07, 6.45) is 111. The molecule has 95 heavy (non-hydrogen) atoms. The summed E-state index contributed by atoms with van der Waals surface area (Å²) in [5, 5.41) is 14.0. The molecule has 0 aromatic carbocycles. The second kappa shape index (κ2) is 75.4. The number of unbranched alkanes of at least 4 members (excludes halogenated alkanes) is 46. The largest absolute Gasteiger partial charge is 0.756 e. The number of phosphoric ester groups is 1. The lowest BCUT2D eigenvalue weighted by Crippen LogP contribution is -2.45. The van der Waals surface area contributed by atoms with E-state index in [2.05, 4.69) is 116 Å². The first-order valence-electron chi connectivity index (χ1n) is 40.7. The first-order chi connectivity index (χ1) is 46.5. The molecule has 0 aliphatic rings. The van der Waals surface area contributed by atoms with Crippen LogP contribution in [0.1, 0.15) is 380 Å². The van der Waals surface area contributed by atoms with Crippen LogP contribution >= 0.6 is 7.82 Å². The van der Waals surface area contributed by atoms with Crippen LogP contribution in [0.4, 0.5) is 0 Å². The molecule has 0 fully saturated rings. The van der Waals surface area contributed by atoms with Gasteiger partial charge in [-0.2, -0.15) is 0 Å². The molecule has 0 saturated carbocycles. The molecule has 0 aromatic heterocycles. The smallest absolute Gasteiger partial charge is 0.268 e. The molecule has 0 rings (SSSR count). The highest BCUT2D eigenvalue weighted by Crippen LogP contribution is 2.38. The van der Waals surface area contributed by atoms with Gasteiger partial charge in [-0.25, -0.2) is 0 Å². The van der Waals surface area contributed by atoms with Crippen LogP contribution in [0.5, 0.6) is 0 Å². The van der Waals surface area contributed by atoms with Crippen LogP contribution in [0.25, 0.3) is 0 Å². The molecule has 0 heterocycles. The predicted octanol–water partition coefficient (Wildman–Crippen LogP) is 26.3. The van der Waals surface area contributed by atoms with Gasteiger partial charge in [0.1, 0.15) is 13.2 Å². The lowest BCUT2D eigenvalue weighted by Gasteiger charge is -2.29. The van der Waals surface area contributed by atoms with E-state index >= 15 is 0 Å². The molecule has 3 atom stereocenters. The van der Waals surface area contributed by atoms with Crippen molar-refractivity contribution in [1.29, 1.82) is 0 Å². The molecule has 0 bridgehead atoms. The van der Waals surface area contributed by atoms with Crippen molar-refractivity contribution < 1.29 is 32.9 Å². The van der Waals surface area contributed by atoms with E-state index in [1.807, 2.05) is 27.2 Å². The SMILES string of the molecule is CC/C=C\C/C=C\C/C=C\C/C=C\C/C=C\C/C=C\C/C=C\CCCCCCCCCCCCCCCCCCCCCC(=O)NC(COP(=O)([O-])OCC[N+](C)(C)C)C(O)/C=C/CC/C=C/CCCCCCCCCCCCCCCCCCCCCCCCCCCC. The molecule has 3 unspecified atom stereocenters. The molecule has 0 radical (unpaired) electrons. The highest BCUT2D eigenvalue weighted by Gasteiger charge is 2.23. The van der Waals surface area contributed by atoms with Gasteiger partial charge >= 0.3 is 0 Å². The Kier molecular flexibility index (Phi) is 73.1. The Bertz CT molecular complexity index is 1930. The van der Waals surface area contributed by atoms with Crippen molar-refractivity contribution in [3.05, 3.63) is 109 Å². The van der Waals surface area contributed by atoms with E-state index in [0.717, 1.165) is 83.5 Å². The van der Waals surface area contributed by atoms with E-state index < -0.39 is 26.6 Å². The number of allylic oxidation sites excluding steroid dienone is 17. The van der Waals surface area contributed by atoms with Gasteiger partial charge in [-0.15, -0.1) is 0 Å². The summed E-state index contributed by atoms with van der Waals surface area (Å²) < 4.78 is 23.5. The summed E-state index contributed by atoms with van der Waals surface area (Å²) in [5.74, 6) is -0.203. The average molecular weight is 1350 g/mol. The minimum atomic E-state index is -4.62. The summed E-state index contributed by atoms with van der Waals surface area (Å²) >= 11 is 0. The van der Waals surface area contributed by atoms with Crippen LogP contribution in [-0.4, -0.2) is 68.5 Å². The third kappa shape index (κ3) is 78.4. The molecule has 0 aromatic rings. The van der Waals surface area contributed by atoms with Crippen LogP contribution in [0.15, 0.2) is 109 Å². The van der Waals surface area contributed by atoms with Gasteiger partial charge in [-0.05, 0) is 89.9 Å². The van der Waals surface area contributed by atoms with Gasteiger partial charge in [0, 0.05) is 6.42 Å². The number of hydrogen-bond donors (Lipinski definition) is 2. The van der Waals surface area contributed by atoms with Crippen molar-refractivity contribution in [2.75, 3.05) is 40.9 Å². The molecular weight excluding hydrogens is 1190 g/mol. The minimum Gasteiger partial charge on any atom is -0.756 e. The number of phosphoric acid groups is 1. The maximum Gasteiger partial charge on any atom is 0.268 e. The Balaban J connectivity index is 4.00. The van der Waals surface area contributed by atoms with Crippen molar-refractivity contribution in [3.8, 4) is 0 Å². The van der Waals surface area contributed by atoms with Crippen LogP contribution in [-0.2, 0) is 18.4 Å². The standard InChI is InChI=1S/C86H157N2O6P/c1-6-8-10-12-14-16-18-20-22-24-26-28-30-32-34-36-38-40-41-42-43-44-45-46-47-48-50-52-54-56-58-60-62-64-66-68-70-72-74-76-78-80-86(90)87-84(83-94-95(91,92)93-82-81-88(3,4)5)85(89)79-77-75-73-71-69-67-65-63-61-59-57-55-53-51-49-39-37-35-33-31-29-27-25-23-21-19-17-15-13-11-9-7-2/h8,10,14,16,20,22,26,28,32,34,38,40,42-43,69,71,77,79,84-85,89H,6-7,9,11-13,15,17-19,21,23-25,27,29-31,33,35-37,39,41,44-68,70,72-76,78,80-83H2,1-5H3,(H-,87,90,91,92)/b10-8-,16-14-,22-20-,28-26-,34-32-,40-38-,43-42-,71-69+,79-77+. The molecular formula is C86H157N2O6P. The average Bonchev–Trinajstić information content (AvgIpc) is 2.01. The first-order valence-corrected chi connectivity index (χ1v) is 42.2. The molecule has 8 nitrogen and oxygen atoms in total. The maximum absolute atomic E-state index is 13.1. The fourth-order valence-corrected chi connectivity index (χ4v) is 12.7.